The second-order valence-corrected chi connectivity index (χ2v) is 4.33. The molecule has 0 spiro atoms. The maximum Gasteiger partial charge on any atom is 0.411 e. The van der Waals surface area contributed by atoms with Crippen LogP contribution in [-0.2, 0) is 4.74 Å². The first-order valence-electron chi connectivity index (χ1n) is 6.00. The van der Waals surface area contributed by atoms with Crippen molar-refractivity contribution in [3.8, 4) is 0 Å². The van der Waals surface area contributed by atoms with E-state index in [1.54, 1.807) is 24.3 Å². The second-order valence-electron chi connectivity index (χ2n) is 4.33. The van der Waals surface area contributed by atoms with Crippen molar-refractivity contribution in [3.05, 3.63) is 35.4 Å². The third kappa shape index (κ3) is 3.16. The molecule has 0 fully saturated rings. The number of imide groups is 1. The first-order valence-corrected chi connectivity index (χ1v) is 6.00. The van der Waals surface area contributed by atoms with Crippen molar-refractivity contribution in [3.63, 3.8) is 0 Å². The highest BCUT2D eigenvalue weighted by Gasteiger charge is 2.34. The first-order chi connectivity index (χ1) is 9.40. The number of nitrogens with zero attached hydrogens (tertiary/aromatic N) is 1. The SMILES string of the molecule is O=C1c2ccccc2C(=O)N1CCCOCC(F)(F)F. The van der Waals surface area contributed by atoms with Gasteiger partial charge >= 0.3 is 6.18 Å². The number of benzene rings is 1. The van der Waals surface area contributed by atoms with Gasteiger partial charge in [0.15, 0.2) is 0 Å². The predicted octanol–water partition coefficient (Wildman–Crippen LogP) is 2.25. The van der Waals surface area contributed by atoms with E-state index in [2.05, 4.69) is 4.74 Å². The fourth-order valence-corrected chi connectivity index (χ4v) is 1.95. The van der Waals surface area contributed by atoms with E-state index in [1.807, 2.05) is 0 Å². The first kappa shape index (κ1) is 14.5. The average Bonchev–Trinajstić information content (AvgIpc) is 2.62. The lowest BCUT2D eigenvalue weighted by Gasteiger charge is -2.14. The molecule has 1 aliphatic heterocycles. The molecule has 0 N–H and O–H groups in total. The van der Waals surface area contributed by atoms with E-state index in [1.165, 1.54) is 0 Å². The minimum absolute atomic E-state index is 0.0458. The molecule has 1 aromatic carbocycles. The summed E-state index contributed by atoms with van der Waals surface area (Å²) >= 11 is 0. The molecule has 0 saturated heterocycles. The van der Waals surface area contributed by atoms with Gasteiger partial charge in [-0.05, 0) is 18.6 Å². The van der Waals surface area contributed by atoms with E-state index in [0.717, 1.165) is 4.90 Å². The van der Waals surface area contributed by atoms with Gasteiger partial charge in [-0.3, -0.25) is 14.5 Å². The van der Waals surface area contributed by atoms with Crippen LogP contribution in [0.5, 0.6) is 0 Å². The minimum atomic E-state index is -4.37. The van der Waals surface area contributed by atoms with Crippen LogP contribution in [0.3, 0.4) is 0 Å². The minimum Gasteiger partial charge on any atom is -0.372 e. The van der Waals surface area contributed by atoms with Gasteiger partial charge in [-0.15, -0.1) is 0 Å². The molecule has 1 aliphatic rings. The van der Waals surface area contributed by atoms with Crippen molar-refractivity contribution in [2.24, 2.45) is 0 Å². The van der Waals surface area contributed by atoms with Crippen molar-refractivity contribution in [2.45, 2.75) is 12.6 Å². The Balaban J connectivity index is 1.84. The fourth-order valence-electron chi connectivity index (χ4n) is 1.95. The zero-order valence-electron chi connectivity index (χ0n) is 10.4. The zero-order chi connectivity index (χ0) is 14.8. The van der Waals surface area contributed by atoms with Gasteiger partial charge in [0.2, 0.25) is 0 Å². The number of rotatable bonds is 5. The van der Waals surface area contributed by atoms with Crippen molar-refractivity contribution in [2.75, 3.05) is 19.8 Å². The van der Waals surface area contributed by atoms with Gasteiger partial charge < -0.3 is 4.74 Å². The highest BCUT2D eigenvalue weighted by atomic mass is 19.4. The molecule has 1 heterocycles. The van der Waals surface area contributed by atoms with Crippen LogP contribution in [0.4, 0.5) is 13.2 Å². The molecule has 0 aliphatic carbocycles. The number of fused-ring (bicyclic) bond motifs is 1. The summed E-state index contributed by atoms with van der Waals surface area (Å²) in [6, 6.07) is 6.41. The number of ether oxygens (including phenoxy) is 1. The lowest BCUT2D eigenvalue weighted by Crippen LogP contribution is -2.31. The molecule has 7 heteroatoms. The molecule has 0 bridgehead atoms. The maximum absolute atomic E-state index is 11.9. The highest BCUT2D eigenvalue weighted by Crippen LogP contribution is 2.22. The van der Waals surface area contributed by atoms with E-state index in [0.29, 0.717) is 11.1 Å². The van der Waals surface area contributed by atoms with Crippen LogP contribution in [0, 0.1) is 0 Å². The summed E-state index contributed by atoms with van der Waals surface area (Å²) < 4.78 is 40.0. The second kappa shape index (κ2) is 5.62. The molecule has 0 radical (unpaired) electrons. The van der Waals surface area contributed by atoms with Gasteiger partial charge in [0.05, 0.1) is 11.1 Å². The number of hydrogen-bond acceptors (Lipinski definition) is 3. The van der Waals surface area contributed by atoms with E-state index < -0.39 is 24.6 Å². The van der Waals surface area contributed by atoms with Gasteiger partial charge in [0, 0.05) is 13.2 Å². The van der Waals surface area contributed by atoms with E-state index in [4.69, 9.17) is 0 Å². The molecular formula is C13H12F3NO3. The monoisotopic (exact) mass is 287 g/mol. The highest BCUT2D eigenvalue weighted by molar-refractivity contribution is 6.21. The Hall–Kier alpha value is -1.89. The van der Waals surface area contributed by atoms with Crippen LogP contribution in [0.25, 0.3) is 0 Å². The van der Waals surface area contributed by atoms with Crippen LogP contribution in [-0.4, -0.2) is 42.6 Å². The Morgan fingerprint density at radius 3 is 2.10 bits per heavy atom. The number of amides is 2. The van der Waals surface area contributed by atoms with Crippen molar-refractivity contribution in [1.29, 1.82) is 0 Å². The maximum atomic E-state index is 11.9. The van der Waals surface area contributed by atoms with Crippen LogP contribution >= 0.6 is 0 Å². The summed E-state index contributed by atoms with van der Waals surface area (Å²) in [5.41, 5.74) is 0.655. The van der Waals surface area contributed by atoms with Gasteiger partial charge in [-0.1, -0.05) is 12.1 Å². The summed E-state index contributed by atoms with van der Waals surface area (Å²) in [4.78, 5) is 24.9. The number of carbonyl (C=O) groups is 2. The summed E-state index contributed by atoms with van der Waals surface area (Å²) in [5.74, 6) is -0.831. The molecule has 0 atom stereocenters. The summed E-state index contributed by atoms with van der Waals surface area (Å²) in [6.07, 6.45) is -4.20. The van der Waals surface area contributed by atoms with Crippen molar-refractivity contribution in [1.82, 2.24) is 4.90 Å². The molecule has 1 aromatic rings. The number of alkyl halides is 3. The predicted molar refractivity (Wildman–Crippen MR) is 63.3 cm³/mol. The van der Waals surface area contributed by atoms with Crippen LogP contribution in [0.1, 0.15) is 27.1 Å². The topological polar surface area (TPSA) is 46.6 Å². The normalized spacial score (nSPS) is 14.8. The number of hydrogen-bond donors (Lipinski definition) is 0. The molecule has 0 unspecified atom stereocenters. The molecule has 4 nitrogen and oxygen atoms in total. The van der Waals surface area contributed by atoms with Gasteiger partial charge in [-0.2, -0.15) is 13.2 Å². The van der Waals surface area contributed by atoms with Crippen LogP contribution in [0.2, 0.25) is 0 Å². The van der Waals surface area contributed by atoms with Crippen molar-refractivity contribution < 1.29 is 27.5 Å². The molecule has 0 aromatic heterocycles. The largest absolute Gasteiger partial charge is 0.411 e. The Labute approximate surface area is 113 Å². The Kier molecular flexibility index (Phi) is 4.08. The lowest BCUT2D eigenvalue weighted by atomic mass is 10.1. The van der Waals surface area contributed by atoms with E-state index in [9.17, 15) is 22.8 Å². The molecule has 20 heavy (non-hydrogen) atoms. The van der Waals surface area contributed by atoms with Gasteiger partial charge in [0.25, 0.3) is 11.8 Å². The lowest BCUT2D eigenvalue weighted by molar-refractivity contribution is -0.174. The summed E-state index contributed by atoms with van der Waals surface area (Å²) in [7, 11) is 0. The molecule has 108 valence electrons. The summed E-state index contributed by atoms with van der Waals surface area (Å²) in [5, 5.41) is 0. The van der Waals surface area contributed by atoms with Gasteiger partial charge in [0.1, 0.15) is 6.61 Å². The summed E-state index contributed by atoms with van der Waals surface area (Å²) in [6.45, 7) is -1.44. The third-order valence-corrected chi connectivity index (χ3v) is 2.81. The number of carbonyl (C=O) groups excluding carboxylic acids is 2. The zero-order valence-corrected chi connectivity index (χ0v) is 10.4. The third-order valence-electron chi connectivity index (χ3n) is 2.81. The molecule has 2 rings (SSSR count). The Bertz CT molecular complexity index is 493. The van der Waals surface area contributed by atoms with Crippen LogP contribution in [0.15, 0.2) is 24.3 Å². The fraction of sp³-hybridized carbons (Fsp3) is 0.385. The molecular weight excluding hydrogens is 275 g/mol. The Morgan fingerprint density at radius 2 is 1.60 bits per heavy atom. The molecule has 0 saturated carbocycles. The average molecular weight is 287 g/mol. The quantitative estimate of drug-likeness (QED) is 0.616. The van der Waals surface area contributed by atoms with E-state index >= 15 is 0 Å². The Morgan fingerprint density at radius 1 is 1.05 bits per heavy atom. The van der Waals surface area contributed by atoms with Crippen LogP contribution < -0.4 is 0 Å². The van der Waals surface area contributed by atoms with Gasteiger partial charge in [-0.25, -0.2) is 0 Å². The van der Waals surface area contributed by atoms with E-state index in [-0.39, 0.29) is 19.6 Å². The number of halogens is 3. The smallest absolute Gasteiger partial charge is 0.372 e. The standard InChI is InChI=1S/C13H12F3NO3/c14-13(15,16)8-20-7-3-6-17-11(18)9-4-1-2-5-10(9)12(17)19/h1-2,4-5H,3,6-8H2. The molecule has 2 amide bonds. The van der Waals surface area contributed by atoms with Crippen molar-refractivity contribution >= 4 is 11.8 Å².